The van der Waals surface area contributed by atoms with E-state index in [1.54, 1.807) is 7.05 Å². The van der Waals surface area contributed by atoms with E-state index in [1.165, 1.54) is 0 Å². The van der Waals surface area contributed by atoms with Crippen molar-refractivity contribution in [2.24, 2.45) is 10.9 Å². The van der Waals surface area contributed by atoms with Crippen molar-refractivity contribution in [2.45, 2.75) is 19.0 Å². The van der Waals surface area contributed by atoms with E-state index in [0.717, 1.165) is 25.1 Å². The number of likely N-dealkylation sites (tertiary alicyclic amines) is 1. The summed E-state index contributed by atoms with van der Waals surface area (Å²) in [5.41, 5.74) is -0.983. The highest BCUT2D eigenvalue weighted by molar-refractivity contribution is 14.0. The van der Waals surface area contributed by atoms with Gasteiger partial charge in [-0.25, -0.2) is 9.97 Å². The van der Waals surface area contributed by atoms with Crippen LogP contribution in [0.1, 0.15) is 18.5 Å². The molecule has 0 aromatic carbocycles. The van der Waals surface area contributed by atoms with Crippen LogP contribution in [0.25, 0.3) is 0 Å². The number of amides is 1. The molecule has 2 aliphatic rings. The molecule has 0 saturated carbocycles. The molecule has 0 bridgehead atoms. The Kier molecular flexibility index (Phi) is 10.2. The molecule has 9 nitrogen and oxygen atoms in total. The van der Waals surface area contributed by atoms with Gasteiger partial charge >= 0.3 is 6.18 Å². The summed E-state index contributed by atoms with van der Waals surface area (Å²) in [6.07, 6.45) is -1.91. The Balaban J connectivity index is 0.00000363. The summed E-state index contributed by atoms with van der Waals surface area (Å²) >= 11 is 0. The van der Waals surface area contributed by atoms with Crippen LogP contribution in [0.3, 0.4) is 0 Å². The molecule has 2 saturated heterocycles. The highest BCUT2D eigenvalue weighted by Crippen LogP contribution is 2.27. The minimum absolute atomic E-state index is 0. The molecule has 180 valence electrons. The van der Waals surface area contributed by atoms with Gasteiger partial charge in [-0.15, -0.1) is 24.0 Å². The van der Waals surface area contributed by atoms with Crippen LogP contribution < -0.4 is 10.6 Å². The maximum absolute atomic E-state index is 12.7. The number of aromatic nitrogens is 2. The van der Waals surface area contributed by atoms with Gasteiger partial charge in [-0.1, -0.05) is 0 Å². The van der Waals surface area contributed by atoms with Crippen molar-refractivity contribution in [3.63, 3.8) is 0 Å². The van der Waals surface area contributed by atoms with Crippen LogP contribution in [0, 0.1) is 5.92 Å². The Labute approximate surface area is 202 Å². The molecule has 13 heteroatoms. The average molecular weight is 571 g/mol. The summed E-state index contributed by atoms with van der Waals surface area (Å²) in [6, 6.07) is 0.832. The van der Waals surface area contributed by atoms with Crippen molar-refractivity contribution in [3.05, 3.63) is 18.0 Å². The number of nitrogens with one attached hydrogen (secondary N) is 2. The van der Waals surface area contributed by atoms with E-state index < -0.39 is 11.9 Å². The first-order valence-corrected chi connectivity index (χ1v) is 10.3. The topological polar surface area (TPSA) is 95.0 Å². The Morgan fingerprint density at radius 1 is 1.19 bits per heavy atom. The van der Waals surface area contributed by atoms with Gasteiger partial charge in [0.05, 0.1) is 13.2 Å². The second kappa shape index (κ2) is 12.4. The third kappa shape index (κ3) is 7.32. The lowest BCUT2D eigenvalue weighted by atomic mass is 9.95. The number of halogens is 4. The summed E-state index contributed by atoms with van der Waals surface area (Å²) in [6.45, 7) is 4.69. The zero-order valence-corrected chi connectivity index (χ0v) is 20.2. The number of anilines is 1. The number of piperidine rings is 1. The van der Waals surface area contributed by atoms with Crippen molar-refractivity contribution in [1.29, 1.82) is 0 Å². The number of morpholine rings is 1. The second-order valence-electron chi connectivity index (χ2n) is 7.36. The molecule has 0 radical (unpaired) electrons. The fourth-order valence-corrected chi connectivity index (χ4v) is 3.66. The van der Waals surface area contributed by atoms with Gasteiger partial charge < -0.3 is 25.2 Å². The lowest BCUT2D eigenvalue weighted by molar-refractivity contribution is -0.141. The molecule has 3 heterocycles. The number of guanidine groups is 1. The minimum Gasteiger partial charge on any atom is -0.378 e. The molecule has 0 aliphatic carbocycles. The highest BCUT2D eigenvalue weighted by atomic mass is 127. The third-order valence-corrected chi connectivity index (χ3v) is 5.32. The Morgan fingerprint density at radius 2 is 1.88 bits per heavy atom. The van der Waals surface area contributed by atoms with E-state index in [9.17, 15) is 18.0 Å². The molecule has 1 aromatic rings. The largest absolute Gasteiger partial charge is 0.433 e. The summed E-state index contributed by atoms with van der Waals surface area (Å²) in [5, 5.41) is 5.96. The molecule has 3 rings (SSSR count). The van der Waals surface area contributed by atoms with Gasteiger partial charge in [0.2, 0.25) is 11.9 Å². The van der Waals surface area contributed by atoms with Gasteiger partial charge in [-0.3, -0.25) is 9.79 Å². The van der Waals surface area contributed by atoms with Crippen molar-refractivity contribution >= 4 is 41.8 Å². The molecule has 2 fully saturated rings. The van der Waals surface area contributed by atoms with Crippen molar-refractivity contribution < 1.29 is 22.7 Å². The molecule has 32 heavy (non-hydrogen) atoms. The number of rotatable bonds is 5. The van der Waals surface area contributed by atoms with Crippen LogP contribution in [0.4, 0.5) is 19.1 Å². The van der Waals surface area contributed by atoms with Gasteiger partial charge in [0.15, 0.2) is 5.96 Å². The van der Waals surface area contributed by atoms with E-state index in [0.29, 0.717) is 58.4 Å². The predicted molar refractivity (Wildman–Crippen MR) is 124 cm³/mol. The van der Waals surface area contributed by atoms with Crippen LogP contribution in [-0.2, 0) is 15.7 Å². The summed E-state index contributed by atoms with van der Waals surface area (Å²) in [4.78, 5) is 28.2. The Bertz CT molecular complexity index is 768. The van der Waals surface area contributed by atoms with Crippen LogP contribution >= 0.6 is 24.0 Å². The molecule has 1 amide bonds. The number of alkyl halides is 3. The molecular formula is C19H29F3IN7O2. The number of carbonyl (C=O) groups excluding carboxylic acids is 1. The monoisotopic (exact) mass is 571 g/mol. The normalized spacial score (nSPS) is 18.2. The average Bonchev–Trinajstić information content (AvgIpc) is 2.79. The van der Waals surface area contributed by atoms with E-state index in [-0.39, 0.29) is 41.8 Å². The van der Waals surface area contributed by atoms with Crippen LogP contribution in [-0.4, -0.2) is 91.2 Å². The predicted octanol–water partition coefficient (Wildman–Crippen LogP) is 1.67. The quantitative estimate of drug-likeness (QED) is 0.241. The lowest BCUT2D eigenvalue weighted by Gasteiger charge is -2.36. The first-order valence-electron chi connectivity index (χ1n) is 10.3. The third-order valence-electron chi connectivity index (χ3n) is 5.32. The second-order valence-corrected chi connectivity index (χ2v) is 7.36. The summed E-state index contributed by atoms with van der Waals surface area (Å²) < 4.78 is 43.5. The Morgan fingerprint density at radius 3 is 2.50 bits per heavy atom. The van der Waals surface area contributed by atoms with Crippen molar-refractivity contribution in [1.82, 2.24) is 25.1 Å². The Hall–Kier alpha value is -1.90. The molecule has 0 spiro atoms. The number of nitrogens with zero attached hydrogens (tertiary/aromatic N) is 5. The van der Waals surface area contributed by atoms with Crippen molar-refractivity contribution in [3.8, 4) is 0 Å². The SMILES string of the molecule is CN=C(NCCNc1nccc(C(F)(F)F)n1)N1CCC(C(=O)N2CCOCC2)CC1.I. The molecule has 0 unspecified atom stereocenters. The zero-order chi connectivity index (χ0) is 22.3. The van der Waals surface area contributed by atoms with Gasteiger partial charge in [0.1, 0.15) is 5.69 Å². The highest BCUT2D eigenvalue weighted by Gasteiger charge is 2.33. The van der Waals surface area contributed by atoms with E-state index in [2.05, 4.69) is 30.5 Å². The molecular weight excluding hydrogens is 542 g/mol. The van der Waals surface area contributed by atoms with Crippen molar-refractivity contribution in [2.75, 3.05) is 64.8 Å². The number of hydrogen-bond donors (Lipinski definition) is 2. The lowest BCUT2D eigenvalue weighted by Crippen LogP contribution is -2.50. The minimum atomic E-state index is -4.51. The van der Waals surface area contributed by atoms with Gasteiger partial charge in [-0.05, 0) is 18.9 Å². The van der Waals surface area contributed by atoms with Gasteiger partial charge in [0.25, 0.3) is 0 Å². The van der Waals surface area contributed by atoms with E-state index >= 15 is 0 Å². The molecule has 2 aliphatic heterocycles. The van der Waals surface area contributed by atoms with E-state index in [4.69, 9.17) is 4.74 Å². The smallest absolute Gasteiger partial charge is 0.378 e. The molecule has 0 atom stereocenters. The first-order chi connectivity index (χ1) is 14.9. The standard InChI is InChI=1S/C19H28F3N7O2.HI/c1-23-18(26-7-6-25-17-24-5-2-15(27-17)19(20,21)22)29-8-3-14(4-9-29)16(30)28-10-12-31-13-11-28;/h2,5,14H,3-4,6-13H2,1H3,(H,23,26)(H,24,25,27);1H. The van der Waals surface area contributed by atoms with Crippen LogP contribution in [0.5, 0.6) is 0 Å². The number of aliphatic imine (C=N–C) groups is 1. The number of carbonyl (C=O) groups is 1. The molecule has 2 N–H and O–H groups in total. The van der Waals surface area contributed by atoms with Gasteiger partial charge in [-0.2, -0.15) is 13.2 Å². The first kappa shape index (κ1) is 26.4. The van der Waals surface area contributed by atoms with Gasteiger partial charge in [0, 0.05) is 58.4 Å². The van der Waals surface area contributed by atoms with Crippen LogP contribution in [0.15, 0.2) is 17.3 Å². The number of ether oxygens (including phenoxy) is 1. The summed E-state index contributed by atoms with van der Waals surface area (Å²) in [5.74, 6) is 0.849. The molecule has 1 aromatic heterocycles. The van der Waals surface area contributed by atoms with E-state index in [1.807, 2.05) is 4.90 Å². The summed E-state index contributed by atoms with van der Waals surface area (Å²) in [7, 11) is 1.68. The fraction of sp³-hybridized carbons (Fsp3) is 0.684. The zero-order valence-electron chi connectivity index (χ0n) is 17.9. The maximum atomic E-state index is 12.7. The number of hydrogen-bond acceptors (Lipinski definition) is 6. The maximum Gasteiger partial charge on any atom is 0.433 e. The fourth-order valence-electron chi connectivity index (χ4n) is 3.66. The van der Waals surface area contributed by atoms with Crippen LogP contribution in [0.2, 0.25) is 0 Å².